The van der Waals surface area contributed by atoms with Gasteiger partial charge < -0.3 is 4.90 Å². The predicted molar refractivity (Wildman–Crippen MR) is 62.5 cm³/mol. The SMILES string of the molecule is CCN1CCN(C2CCN(N)CC2)CC1. The molecule has 0 amide bonds. The van der Waals surface area contributed by atoms with Gasteiger partial charge in [-0.1, -0.05) is 6.92 Å². The van der Waals surface area contributed by atoms with E-state index in [2.05, 4.69) is 16.7 Å². The molecule has 0 bridgehead atoms. The number of rotatable bonds is 2. The number of hydrogen-bond donors (Lipinski definition) is 1. The largest absolute Gasteiger partial charge is 0.301 e. The molecule has 88 valence electrons. The number of piperidine rings is 1. The molecular formula is C11H24N4. The van der Waals surface area contributed by atoms with Crippen LogP contribution in [0.25, 0.3) is 0 Å². The van der Waals surface area contributed by atoms with Crippen LogP contribution >= 0.6 is 0 Å². The summed E-state index contributed by atoms with van der Waals surface area (Å²) < 4.78 is 0. The van der Waals surface area contributed by atoms with E-state index in [-0.39, 0.29) is 0 Å². The van der Waals surface area contributed by atoms with Crippen LogP contribution in [0.15, 0.2) is 0 Å². The van der Waals surface area contributed by atoms with Gasteiger partial charge in [0.2, 0.25) is 0 Å². The molecule has 0 aromatic rings. The molecule has 2 aliphatic rings. The summed E-state index contributed by atoms with van der Waals surface area (Å²) in [7, 11) is 0. The Labute approximate surface area is 93.0 Å². The van der Waals surface area contributed by atoms with Gasteiger partial charge in [-0.3, -0.25) is 10.7 Å². The molecule has 2 saturated heterocycles. The van der Waals surface area contributed by atoms with E-state index in [0.717, 1.165) is 19.1 Å². The van der Waals surface area contributed by atoms with E-state index in [9.17, 15) is 0 Å². The molecule has 0 aromatic carbocycles. The second kappa shape index (κ2) is 5.25. The van der Waals surface area contributed by atoms with Crippen molar-refractivity contribution in [3.63, 3.8) is 0 Å². The molecule has 0 atom stereocenters. The first-order valence-electron chi connectivity index (χ1n) is 6.25. The summed E-state index contributed by atoms with van der Waals surface area (Å²) >= 11 is 0. The Morgan fingerprint density at radius 3 is 2.13 bits per heavy atom. The van der Waals surface area contributed by atoms with Gasteiger partial charge in [0.15, 0.2) is 0 Å². The number of piperazine rings is 1. The number of hydrogen-bond acceptors (Lipinski definition) is 4. The third-order valence-corrected chi connectivity index (χ3v) is 3.87. The highest BCUT2D eigenvalue weighted by molar-refractivity contribution is 4.81. The quantitative estimate of drug-likeness (QED) is 0.652. The topological polar surface area (TPSA) is 35.7 Å². The van der Waals surface area contributed by atoms with Crippen molar-refractivity contribution in [1.29, 1.82) is 0 Å². The van der Waals surface area contributed by atoms with Crippen LogP contribution in [-0.2, 0) is 0 Å². The third-order valence-electron chi connectivity index (χ3n) is 3.87. The average Bonchev–Trinajstić information content (AvgIpc) is 2.30. The molecule has 0 unspecified atom stereocenters. The lowest BCUT2D eigenvalue weighted by atomic mass is 10.0. The van der Waals surface area contributed by atoms with Crippen LogP contribution < -0.4 is 5.84 Å². The minimum Gasteiger partial charge on any atom is -0.301 e. The highest BCUT2D eigenvalue weighted by Gasteiger charge is 2.25. The Morgan fingerprint density at radius 2 is 1.60 bits per heavy atom. The molecule has 0 aliphatic carbocycles. The van der Waals surface area contributed by atoms with E-state index in [4.69, 9.17) is 5.84 Å². The molecule has 0 radical (unpaired) electrons. The van der Waals surface area contributed by atoms with Crippen LogP contribution in [0, 0.1) is 0 Å². The first kappa shape index (κ1) is 11.3. The molecule has 4 heteroatoms. The van der Waals surface area contributed by atoms with Crippen molar-refractivity contribution in [2.75, 3.05) is 45.8 Å². The fourth-order valence-electron chi connectivity index (χ4n) is 2.70. The van der Waals surface area contributed by atoms with Crippen LogP contribution in [0.2, 0.25) is 0 Å². The Hall–Kier alpha value is -0.160. The van der Waals surface area contributed by atoms with Crippen molar-refractivity contribution in [3.05, 3.63) is 0 Å². The fourth-order valence-corrected chi connectivity index (χ4v) is 2.70. The Morgan fingerprint density at radius 1 is 1.00 bits per heavy atom. The van der Waals surface area contributed by atoms with Crippen molar-refractivity contribution < 1.29 is 0 Å². The molecule has 2 rings (SSSR count). The summed E-state index contributed by atoms with van der Waals surface area (Å²) in [6.07, 6.45) is 2.51. The first-order valence-corrected chi connectivity index (χ1v) is 6.25. The van der Waals surface area contributed by atoms with Gasteiger partial charge in [-0.15, -0.1) is 0 Å². The van der Waals surface area contributed by atoms with Gasteiger partial charge in [0.05, 0.1) is 0 Å². The van der Waals surface area contributed by atoms with Crippen LogP contribution in [0.1, 0.15) is 19.8 Å². The van der Waals surface area contributed by atoms with E-state index in [1.807, 2.05) is 5.01 Å². The number of nitrogens with two attached hydrogens (primary N) is 1. The molecule has 0 aromatic heterocycles. The Bertz CT molecular complexity index is 181. The lowest BCUT2D eigenvalue weighted by Gasteiger charge is -2.41. The maximum absolute atomic E-state index is 5.78. The van der Waals surface area contributed by atoms with Crippen LogP contribution in [0.5, 0.6) is 0 Å². The molecule has 2 N–H and O–H groups in total. The highest BCUT2D eigenvalue weighted by atomic mass is 15.4. The molecule has 0 saturated carbocycles. The summed E-state index contributed by atoms with van der Waals surface area (Å²) in [4.78, 5) is 5.20. The van der Waals surface area contributed by atoms with Crippen molar-refractivity contribution >= 4 is 0 Å². The smallest absolute Gasteiger partial charge is 0.0143 e. The van der Waals surface area contributed by atoms with Gasteiger partial charge in [-0.25, -0.2) is 5.01 Å². The lowest BCUT2D eigenvalue weighted by molar-refractivity contribution is 0.0612. The molecule has 2 aliphatic heterocycles. The van der Waals surface area contributed by atoms with E-state index >= 15 is 0 Å². The zero-order valence-corrected chi connectivity index (χ0v) is 9.86. The lowest BCUT2D eigenvalue weighted by Crippen LogP contribution is -2.53. The van der Waals surface area contributed by atoms with E-state index in [1.54, 1.807) is 0 Å². The van der Waals surface area contributed by atoms with Crippen LogP contribution in [0.3, 0.4) is 0 Å². The molecule has 0 spiro atoms. The van der Waals surface area contributed by atoms with Gasteiger partial charge in [0, 0.05) is 45.3 Å². The zero-order chi connectivity index (χ0) is 10.7. The normalized spacial score (nSPS) is 28.4. The van der Waals surface area contributed by atoms with Gasteiger partial charge in [-0.05, 0) is 19.4 Å². The van der Waals surface area contributed by atoms with Crippen LogP contribution in [0.4, 0.5) is 0 Å². The molecule has 2 heterocycles. The third kappa shape index (κ3) is 2.91. The van der Waals surface area contributed by atoms with Crippen molar-refractivity contribution in [3.8, 4) is 0 Å². The summed E-state index contributed by atoms with van der Waals surface area (Å²) in [5.41, 5.74) is 0. The van der Waals surface area contributed by atoms with Crippen molar-refractivity contribution in [2.24, 2.45) is 5.84 Å². The number of hydrazine groups is 1. The van der Waals surface area contributed by atoms with E-state index in [0.29, 0.717) is 0 Å². The van der Waals surface area contributed by atoms with E-state index in [1.165, 1.54) is 45.6 Å². The monoisotopic (exact) mass is 212 g/mol. The molecular weight excluding hydrogens is 188 g/mol. The summed E-state index contributed by atoms with van der Waals surface area (Å²) in [5.74, 6) is 5.78. The molecule has 4 nitrogen and oxygen atoms in total. The second-order valence-electron chi connectivity index (χ2n) is 4.74. The number of nitrogens with zero attached hydrogens (tertiary/aromatic N) is 3. The van der Waals surface area contributed by atoms with Crippen LogP contribution in [-0.4, -0.2) is 66.7 Å². The maximum Gasteiger partial charge on any atom is 0.0143 e. The average molecular weight is 212 g/mol. The second-order valence-corrected chi connectivity index (χ2v) is 4.74. The van der Waals surface area contributed by atoms with Crippen molar-refractivity contribution in [2.45, 2.75) is 25.8 Å². The van der Waals surface area contributed by atoms with E-state index < -0.39 is 0 Å². The Kier molecular flexibility index (Phi) is 3.97. The van der Waals surface area contributed by atoms with Gasteiger partial charge in [-0.2, -0.15) is 0 Å². The summed E-state index contributed by atoms with van der Waals surface area (Å²) in [5, 5.41) is 1.96. The van der Waals surface area contributed by atoms with Gasteiger partial charge >= 0.3 is 0 Å². The van der Waals surface area contributed by atoms with Crippen molar-refractivity contribution in [1.82, 2.24) is 14.8 Å². The predicted octanol–water partition coefficient (Wildman–Crippen LogP) is -0.0380. The maximum atomic E-state index is 5.78. The minimum atomic E-state index is 0.795. The number of likely N-dealkylation sites (N-methyl/N-ethyl adjacent to an activating group) is 1. The standard InChI is InChI=1S/C11H24N4/c1-2-13-7-9-14(10-8-13)11-3-5-15(12)6-4-11/h11H,2-10,12H2,1H3. The summed E-state index contributed by atoms with van der Waals surface area (Å²) in [6, 6.07) is 0.795. The Balaban J connectivity index is 1.75. The zero-order valence-electron chi connectivity index (χ0n) is 9.86. The minimum absolute atomic E-state index is 0.795. The van der Waals surface area contributed by atoms with Gasteiger partial charge in [0.25, 0.3) is 0 Å². The fraction of sp³-hybridized carbons (Fsp3) is 1.00. The van der Waals surface area contributed by atoms with Gasteiger partial charge in [0.1, 0.15) is 0 Å². The molecule has 2 fully saturated rings. The highest BCUT2D eigenvalue weighted by Crippen LogP contribution is 2.16. The molecule has 15 heavy (non-hydrogen) atoms. The first-order chi connectivity index (χ1) is 7.29. The summed E-state index contributed by atoms with van der Waals surface area (Å²) in [6.45, 7) is 10.6.